The Morgan fingerprint density at radius 2 is 2.27 bits per heavy atom. The maximum Gasteiger partial charge on any atom is 0.156 e. The maximum absolute atomic E-state index is 14.2. The van der Waals surface area contributed by atoms with Gasteiger partial charge in [-0.05, 0) is 19.1 Å². The predicted molar refractivity (Wildman–Crippen MR) is 84.1 cm³/mol. The number of aromatic nitrogens is 3. The first kappa shape index (κ1) is 14.4. The first-order valence-corrected chi connectivity index (χ1v) is 7.02. The molecule has 2 heterocycles. The Balaban J connectivity index is 1.84. The molecule has 2 aromatic heterocycles. The molecule has 0 amide bonds. The lowest BCUT2D eigenvalue weighted by atomic mass is 10.1. The van der Waals surface area contributed by atoms with E-state index in [0.29, 0.717) is 34.2 Å². The van der Waals surface area contributed by atoms with Gasteiger partial charge >= 0.3 is 0 Å². The van der Waals surface area contributed by atoms with Crippen molar-refractivity contribution in [1.29, 1.82) is 0 Å². The highest BCUT2D eigenvalue weighted by Gasteiger charge is 2.10. The van der Waals surface area contributed by atoms with E-state index in [0.717, 1.165) is 0 Å². The fraction of sp³-hybridized carbons (Fsp3) is 0.133. The Morgan fingerprint density at radius 1 is 1.41 bits per heavy atom. The van der Waals surface area contributed by atoms with Crippen LogP contribution in [0.1, 0.15) is 12.7 Å². The minimum Gasteiger partial charge on any atom is -0.373 e. The highest BCUT2D eigenvalue weighted by Crippen LogP contribution is 2.23. The van der Waals surface area contributed by atoms with Gasteiger partial charge in [0.15, 0.2) is 5.76 Å². The Kier molecular flexibility index (Phi) is 3.97. The largest absolute Gasteiger partial charge is 0.373 e. The van der Waals surface area contributed by atoms with E-state index in [1.165, 1.54) is 6.07 Å². The molecule has 0 aliphatic heterocycles. The Labute approximate surface area is 131 Å². The normalized spacial score (nSPS) is 10.6. The summed E-state index contributed by atoms with van der Waals surface area (Å²) < 4.78 is 21.0. The van der Waals surface area contributed by atoms with Crippen molar-refractivity contribution >= 4 is 17.2 Å². The lowest BCUT2D eigenvalue weighted by Gasteiger charge is -2.05. The second-order valence-corrected chi connectivity index (χ2v) is 5.34. The first-order valence-electron chi connectivity index (χ1n) is 6.62. The Hall–Kier alpha value is -2.54. The van der Waals surface area contributed by atoms with Crippen LogP contribution in [0.5, 0.6) is 0 Å². The molecule has 112 valence electrons. The quantitative estimate of drug-likeness (QED) is 0.750. The van der Waals surface area contributed by atoms with E-state index >= 15 is 0 Å². The second-order valence-electron chi connectivity index (χ2n) is 4.72. The highest BCUT2D eigenvalue weighted by molar-refractivity contribution is 7.80. The van der Waals surface area contributed by atoms with Crippen molar-refractivity contribution in [1.82, 2.24) is 20.0 Å². The van der Waals surface area contributed by atoms with Gasteiger partial charge in [0, 0.05) is 24.0 Å². The zero-order chi connectivity index (χ0) is 15.5. The summed E-state index contributed by atoms with van der Waals surface area (Å²) in [5.41, 5.74) is 1.66. The van der Waals surface area contributed by atoms with Crippen LogP contribution >= 0.6 is 12.2 Å². The SMILES string of the molecule is CC(=S)NCc1cc(-c2ccc(-n3ccnc3)c(F)c2)no1. The van der Waals surface area contributed by atoms with Gasteiger partial charge in [-0.25, -0.2) is 9.37 Å². The van der Waals surface area contributed by atoms with E-state index in [1.807, 2.05) is 0 Å². The Bertz CT molecular complexity index is 798. The summed E-state index contributed by atoms with van der Waals surface area (Å²) in [7, 11) is 0. The zero-order valence-electron chi connectivity index (χ0n) is 11.8. The number of benzene rings is 1. The van der Waals surface area contributed by atoms with Crippen LogP contribution in [0.4, 0.5) is 4.39 Å². The number of imidazole rings is 1. The standard InChI is InChI=1S/C15H13FN4OS/c1-10(22)18-8-12-7-14(19-21-12)11-2-3-15(13(16)6-11)20-5-4-17-9-20/h2-7,9H,8H2,1H3,(H,18,22). The Morgan fingerprint density at radius 3 is 2.95 bits per heavy atom. The van der Waals surface area contributed by atoms with Crippen molar-refractivity contribution < 1.29 is 8.91 Å². The van der Waals surface area contributed by atoms with Gasteiger partial charge in [0.2, 0.25) is 0 Å². The van der Waals surface area contributed by atoms with Crippen molar-refractivity contribution in [3.8, 4) is 16.9 Å². The van der Waals surface area contributed by atoms with E-state index in [4.69, 9.17) is 16.7 Å². The van der Waals surface area contributed by atoms with Crippen molar-refractivity contribution in [2.75, 3.05) is 0 Å². The summed E-state index contributed by atoms with van der Waals surface area (Å²) in [6.07, 6.45) is 4.83. The van der Waals surface area contributed by atoms with Crippen LogP contribution < -0.4 is 5.32 Å². The molecular formula is C15H13FN4OS. The second kappa shape index (κ2) is 6.07. The molecule has 22 heavy (non-hydrogen) atoms. The molecular weight excluding hydrogens is 303 g/mol. The summed E-state index contributed by atoms with van der Waals surface area (Å²) in [4.78, 5) is 4.58. The molecule has 5 nitrogen and oxygen atoms in total. The number of halogens is 1. The molecule has 3 aromatic rings. The maximum atomic E-state index is 14.2. The number of nitrogens with zero attached hydrogens (tertiary/aromatic N) is 3. The van der Waals surface area contributed by atoms with Gasteiger partial charge in [-0.1, -0.05) is 23.4 Å². The minimum atomic E-state index is -0.354. The van der Waals surface area contributed by atoms with Crippen molar-refractivity contribution in [3.05, 3.63) is 54.6 Å². The van der Waals surface area contributed by atoms with Gasteiger partial charge in [-0.3, -0.25) is 0 Å². The van der Waals surface area contributed by atoms with Crippen molar-refractivity contribution in [2.45, 2.75) is 13.5 Å². The van der Waals surface area contributed by atoms with E-state index in [2.05, 4.69) is 15.5 Å². The summed E-state index contributed by atoms with van der Waals surface area (Å²) in [6.45, 7) is 2.24. The van der Waals surface area contributed by atoms with Crippen LogP contribution in [0.2, 0.25) is 0 Å². The third-order valence-corrected chi connectivity index (χ3v) is 3.24. The summed E-state index contributed by atoms with van der Waals surface area (Å²) in [5.74, 6) is 0.284. The zero-order valence-corrected chi connectivity index (χ0v) is 12.6. The van der Waals surface area contributed by atoms with E-state index in [-0.39, 0.29) is 5.82 Å². The van der Waals surface area contributed by atoms with Gasteiger partial charge in [0.05, 0.1) is 23.5 Å². The van der Waals surface area contributed by atoms with Gasteiger partial charge in [-0.2, -0.15) is 0 Å². The number of thiocarbonyl (C=S) groups is 1. The first-order chi connectivity index (χ1) is 10.6. The number of nitrogens with one attached hydrogen (secondary N) is 1. The van der Waals surface area contributed by atoms with Gasteiger partial charge in [0.25, 0.3) is 0 Å². The van der Waals surface area contributed by atoms with Crippen LogP contribution in [0.15, 0.2) is 47.5 Å². The van der Waals surface area contributed by atoms with Gasteiger partial charge in [-0.15, -0.1) is 0 Å². The molecule has 7 heteroatoms. The summed E-state index contributed by atoms with van der Waals surface area (Å²) in [6, 6.07) is 6.66. The molecule has 0 saturated carbocycles. The minimum absolute atomic E-state index is 0.354. The van der Waals surface area contributed by atoms with Gasteiger partial charge < -0.3 is 14.4 Å². The third-order valence-electron chi connectivity index (χ3n) is 3.10. The molecule has 0 aliphatic rings. The fourth-order valence-electron chi connectivity index (χ4n) is 2.02. The highest BCUT2D eigenvalue weighted by atomic mass is 32.1. The van der Waals surface area contributed by atoms with Crippen LogP contribution in [0.3, 0.4) is 0 Å². The van der Waals surface area contributed by atoms with E-state index in [9.17, 15) is 4.39 Å². The summed E-state index contributed by atoms with van der Waals surface area (Å²) in [5, 5.41) is 6.93. The average Bonchev–Trinajstić information content (AvgIpc) is 3.16. The molecule has 0 unspecified atom stereocenters. The monoisotopic (exact) mass is 316 g/mol. The predicted octanol–water partition coefficient (Wildman–Crippen LogP) is 3.10. The van der Waals surface area contributed by atoms with Gasteiger partial charge in [0.1, 0.15) is 11.5 Å². The van der Waals surface area contributed by atoms with Crippen LogP contribution in [-0.4, -0.2) is 19.7 Å². The van der Waals surface area contributed by atoms with Crippen LogP contribution in [0.25, 0.3) is 16.9 Å². The molecule has 0 fully saturated rings. The molecule has 0 radical (unpaired) electrons. The van der Waals surface area contributed by atoms with Crippen molar-refractivity contribution in [3.63, 3.8) is 0 Å². The molecule has 0 bridgehead atoms. The number of hydrogen-bond acceptors (Lipinski definition) is 4. The third kappa shape index (κ3) is 3.04. The lowest BCUT2D eigenvalue weighted by molar-refractivity contribution is 0.382. The molecule has 0 atom stereocenters. The topological polar surface area (TPSA) is 55.9 Å². The number of hydrogen-bond donors (Lipinski definition) is 1. The van der Waals surface area contributed by atoms with E-state index in [1.54, 1.807) is 48.4 Å². The van der Waals surface area contributed by atoms with Crippen LogP contribution in [0, 0.1) is 5.82 Å². The van der Waals surface area contributed by atoms with Crippen molar-refractivity contribution in [2.24, 2.45) is 0 Å². The number of rotatable bonds is 4. The average molecular weight is 316 g/mol. The molecule has 1 aromatic carbocycles. The smallest absolute Gasteiger partial charge is 0.156 e. The molecule has 3 rings (SSSR count). The molecule has 0 aliphatic carbocycles. The van der Waals surface area contributed by atoms with E-state index < -0.39 is 0 Å². The summed E-state index contributed by atoms with van der Waals surface area (Å²) >= 11 is 4.94. The molecule has 0 saturated heterocycles. The fourth-order valence-corrected chi connectivity index (χ4v) is 2.09. The lowest BCUT2D eigenvalue weighted by Crippen LogP contribution is -2.16. The molecule has 0 spiro atoms. The molecule has 1 N–H and O–H groups in total. The van der Waals surface area contributed by atoms with Crippen LogP contribution in [-0.2, 0) is 6.54 Å².